The average Bonchev–Trinajstić information content (AvgIpc) is 2.71. The van der Waals surface area contributed by atoms with E-state index in [9.17, 15) is 0 Å². The molecule has 0 unspecified atom stereocenters. The van der Waals surface area contributed by atoms with Crippen molar-refractivity contribution in [1.82, 2.24) is 9.97 Å². The molecule has 3 aromatic carbocycles. The number of hydrogen-bond acceptors (Lipinski definition) is 5. The number of para-hydroxylation sites is 1. The van der Waals surface area contributed by atoms with Gasteiger partial charge in [0, 0.05) is 16.8 Å². The zero-order valence-electron chi connectivity index (χ0n) is 14.9. The second kappa shape index (κ2) is 7.92. The van der Waals surface area contributed by atoms with Crippen LogP contribution in [0.1, 0.15) is 0 Å². The standard InChI is InChI=1S/C21H16Cl2N4O/c1-28-15-9-6-13(7-10-15)24-20-16-4-2-3-5-19(16)26-21(27-20)25-14-8-11-17(22)18(23)12-14/h2-12H,1H3,(H2,24,25,26,27). The SMILES string of the molecule is COc1ccc(Nc2nc(Nc3ccc(Cl)c(Cl)c3)nc3ccccc23)cc1. The minimum Gasteiger partial charge on any atom is -0.497 e. The molecule has 1 aromatic heterocycles. The van der Waals surface area contributed by atoms with E-state index in [2.05, 4.69) is 20.6 Å². The lowest BCUT2D eigenvalue weighted by molar-refractivity contribution is 0.415. The molecule has 4 aromatic rings. The zero-order valence-corrected chi connectivity index (χ0v) is 16.4. The molecule has 0 bridgehead atoms. The van der Waals surface area contributed by atoms with E-state index in [0.29, 0.717) is 21.8 Å². The van der Waals surface area contributed by atoms with Crippen LogP contribution in [0.3, 0.4) is 0 Å². The molecule has 0 amide bonds. The summed E-state index contributed by atoms with van der Waals surface area (Å²) in [7, 11) is 1.64. The Morgan fingerprint density at radius 1 is 0.786 bits per heavy atom. The Morgan fingerprint density at radius 3 is 2.29 bits per heavy atom. The summed E-state index contributed by atoms with van der Waals surface area (Å²) in [6.07, 6.45) is 0. The molecule has 0 spiro atoms. The van der Waals surface area contributed by atoms with Crippen molar-refractivity contribution in [2.75, 3.05) is 17.7 Å². The van der Waals surface area contributed by atoms with E-state index in [-0.39, 0.29) is 0 Å². The fourth-order valence-electron chi connectivity index (χ4n) is 2.74. The zero-order chi connectivity index (χ0) is 19.5. The van der Waals surface area contributed by atoms with E-state index < -0.39 is 0 Å². The van der Waals surface area contributed by atoms with E-state index in [1.165, 1.54) is 0 Å². The van der Waals surface area contributed by atoms with Gasteiger partial charge in [-0.15, -0.1) is 0 Å². The molecule has 0 atom stereocenters. The second-order valence-corrected chi connectivity index (χ2v) is 6.83. The van der Waals surface area contributed by atoms with Crippen LogP contribution in [0, 0.1) is 0 Å². The molecule has 0 fully saturated rings. The van der Waals surface area contributed by atoms with Gasteiger partial charge in [0.15, 0.2) is 0 Å². The number of hydrogen-bond donors (Lipinski definition) is 2. The third kappa shape index (κ3) is 3.96. The van der Waals surface area contributed by atoms with Gasteiger partial charge in [-0.1, -0.05) is 35.3 Å². The van der Waals surface area contributed by atoms with Crippen molar-refractivity contribution in [3.8, 4) is 5.75 Å². The van der Waals surface area contributed by atoms with Crippen LogP contribution in [-0.4, -0.2) is 17.1 Å². The van der Waals surface area contributed by atoms with E-state index in [1.807, 2.05) is 54.6 Å². The smallest absolute Gasteiger partial charge is 0.229 e. The molecule has 28 heavy (non-hydrogen) atoms. The van der Waals surface area contributed by atoms with Crippen molar-refractivity contribution in [1.29, 1.82) is 0 Å². The predicted molar refractivity (Wildman–Crippen MR) is 116 cm³/mol. The summed E-state index contributed by atoms with van der Waals surface area (Å²) < 4.78 is 5.21. The van der Waals surface area contributed by atoms with Gasteiger partial charge in [-0.05, 0) is 54.6 Å². The van der Waals surface area contributed by atoms with Gasteiger partial charge in [0.05, 0.1) is 22.7 Å². The molecule has 7 heteroatoms. The predicted octanol–water partition coefficient (Wildman–Crippen LogP) is 6.43. The Morgan fingerprint density at radius 2 is 1.54 bits per heavy atom. The van der Waals surface area contributed by atoms with Gasteiger partial charge in [0.2, 0.25) is 5.95 Å². The number of anilines is 4. The topological polar surface area (TPSA) is 59.1 Å². The largest absolute Gasteiger partial charge is 0.497 e. The molecule has 5 nitrogen and oxygen atoms in total. The molecule has 2 N–H and O–H groups in total. The summed E-state index contributed by atoms with van der Waals surface area (Å²) >= 11 is 12.1. The maximum atomic E-state index is 6.10. The molecule has 140 valence electrons. The van der Waals surface area contributed by atoms with Crippen molar-refractivity contribution in [3.05, 3.63) is 76.8 Å². The van der Waals surface area contributed by atoms with Crippen molar-refractivity contribution < 1.29 is 4.74 Å². The number of ether oxygens (including phenoxy) is 1. The van der Waals surface area contributed by atoms with Crippen LogP contribution in [0.15, 0.2) is 66.7 Å². The van der Waals surface area contributed by atoms with Gasteiger partial charge in [-0.2, -0.15) is 4.98 Å². The highest BCUT2D eigenvalue weighted by molar-refractivity contribution is 6.42. The van der Waals surface area contributed by atoms with Gasteiger partial charge in [0.1, 0.15) is 11.6 Å². The Bertz CT molecular complexity index is 1130. The van der Waals surface area contributed by atoms with Crippen LogP contribution < -0.4 is 15.4 Å². The number of fused-ring (bicyclic) bond motifs is 1. The Labute approximate surface area is 172 Å². The van der Waals surface area contributed by atoms with Crippen LogP contribution >= 0.6 is 23.2 Å². The van der Waals surface area contributed by atoms with Gasteiger partial charge < -0.3 is 15.4 Å². The number of nitrogens with zero attached hydrogens (tertiary/aromatic N) is 2. The fraction of sp³-hybridized carbons (Fsp3) is 0.0476. The van der Waals surface area contributed by atoms with E-state index in [4.69, 9.17) is 27.9 Å². The summed E-state index contributed by atoms with van der Waals surface area (Å²) in [5, 5.41) is 8.41. The Hall–Kier alpha value is -3.02. The van der Waals surface area contributed by atoms with E-state index >= 15 is 0 Å². The summed E-state index contributed by atoms with van der Waals surface area (Å²) in [4.78, 5) is 9.24. The van der Waals surface area contributed by atoms with Crippen LogP contribution in [0.4, 0.5) is 23.1 Å². The number of halogens is 2. The molecule has 0 aliphatic carbocycles. The van der Waals surface area contributed by atoms with Crippen molar-refractivity contribution in [2.45, 2.75) is 0 Å². The van der Waals surface area contributed by atoms with Gasteiger partial charge in [-0.3, -0.25) is 0 Å². The monoisotopic (exact) mass is 410 g/mol. The molecule has 0 aliphatic heterocycles. The first-order chi connectivity index (χ1) is 13.6. The maximum Gasteiger partial charge on any atom is 0.229 e. The first kappa shape index (κ1) is 18.3. The van der Waals surface area contributed by atoms with Crippen LogP contribution in [0.5, 0.6) is 5.75 Å². The van der Waals surface area contributed by atoms with Crippen molar-refractivity contribution >= 4 is 57.2 Å². The van der Waals surface area contributed by atoms with E-state index in [0.717, 1.165) is 28.0 Å². The Kier molecular flexibility index (Phi) is 5.19. The van der Waals surface area contributed by atoms with Crippen LogP contribution in [0.25, 0.3) is 10.9 Å². The molecule has 1 heterocycles. The molecule has 0 aliphatic rings. The second-order valence-electron chi connectivity index (χ2n) is 6.02. The van der Waals surface area contributed by atoms with Crippen LogP contribution in [-0.2, 0) is 0 Å². The molecule has 4 rings (SSSR count). The normalized spacial score (nSPS) is 10.7. The Balaban J connectivity index is 1.70. The van der Waals surface area contributed by atoms with Crippen molar-refractivity contribution in [3.63, 3.8) is 0 Å². The van der Waals surface area contributed by atoms with Gasteiger partial charge >= 0.3 is 0 Å². The van der Waals surface area contributed by atoms with Crippen molar-refractivity contribution in [2.24, 2.45) is 0 Å². The third-order valence-corrected chi connectivity index (χ3v) is 4.87. The maximum absolute atomic E-state index is 6.10. The number of rotatable bonds is 5. The lowest BCUT2D eigenvalue weighted by Gasteiger charge is -2.12. The molecule has 0 saturated carbocycles. The summed E-state index contributed by atoms with van der Waals surface area (Å²) in [6, 6.07) is 20.7. The lowest BCUT2D eigenvalue weighted by Crippen LogP contribution is -2.02. The lowest BCUT2D eigenvalue weighted by atomic mass is 10.2. The quantitative estimate of drug-likeness (QED) is 0.396. The number of methoxy groups -OCH3 is 1. The summed E-state index contributed by atoms with van der Waals surface area (Å²) in [5.74, 6) is 1.94. The molecule has 0 radical (unpaired) electrons. The first-order valence-electron chi connectivity index (χ1n) is 8.52. The third-order valence-electron chi connectivity index (χ3n) is 4.13. The first-order valence-corrected chi connectivity index (χ1v) is 9.28. The highest BCUT2D eigenvalue weighted by Gasteiger charge is 2.09. The number of aromatic nitrogens is 2. The fourth-order valence-corrected chi connectivity index (χ4v) is 3.04. The summed E-state index contributed by atoms with van der Waals surface area (Å²) in [6.45, 7) is 0. The minimum atomic E-state index is 0.452. The van der Waals surface area contributed by atoms with Crippen LogP contribution in [0.2, 0.25) is 10.0 Å². The average molecular weight is 411 g/mol. The molecular formula is C21H16Cl2N4O. The van der Waals surface area contributed by atoms with Gasteiger partial charge in [0.25, 0.3) is 0 Å². The summed E-state index contributed by atoms with van der Waals surface area (Å²) in [5.41, 5.74) is 2.46. The number of benzene rings is 3. The minimum absolute atomic E-state index is 0.452. The highest BCUT2D eigenvalue weighted by atomic mass is 35.5. The molecular weight excluding hydrogens is 395 g/mol. The molecule has 0 saturated heterocycles. The van der Waals surface area contributed by atoms with E-state index in [1.54, 1.807) is 19.2 Å². The number of nitrogens with one attached hydrogen (secondary N) is 2. The van der Waals surface area contributed by atoms with Gasteiger partial charge in [-0.25, -0.2) is 4.98 Å². The highest BCUT2D eigenvalue weighted by Crippen LogP contribution is 2.29.